The maximum absolute atomic E-state index is 12.3. The highest BCUT2D eigenvalue weighted by Crippen LogP contribution is 2.38. The number of hydrogen-bond acceptors (Lipinski definition) is 6. The second-order valence-corrected chi connectivity index (χ2v) is 5.29. The van der Waals surface area contributed by atoms with Gasteiger partial charge in [0.15, 0.2) is 0 Å². The fourth-order valence-electron chi connectivity index (χ4n) is 2.23. The van der Waals surface area contributed by atoms with E-state index in [0.717, 1.165) is 18.7 Å². The number of carbonyl (C=O) groups is 1. The van der Waals surface area contributed by atoms with Gasteiger partial charge in [-0.3, -0.25) is 4.79 Å². The summed E-state index contributed by atoms with van der Waals surface area (Å²) in [6, 6.07) is 1.38. The van der Waals surface area contributed by atoms with Gasteiger partial charge in [-0.2, -0.15) is 0 Å². The summed E-state index contributed by atoms with van der Waals surface area (Å²) in [6.07, 6.45) is 2.22. The van der Waals surface area contributed by atoms with Gasteiger partial charge in [-0.15, -0.1) is 0 Å². The zero-order valence-electron chi connectivity index (χ0n) is 12.9. The average molecular weight is 292 g/mol. The Labute approximate surface area is 125 Å². The Morgan fingerprint density at radius 1 is 1.38 bits per heavy atom. The van der Waals surface area contributed by atoms with E-state index in [9.17, 15) is 4.79 Å². The van der Waals surface area contributed by atoms with Gasteiger partial charge in [0.2, 0.25) is 5.91 Å². The molecule has 0 aliphatic heterocycles. The van der Waals surface area contributed by atoms with Crippen LogP contribution in [0.3, 0.4) is 0 Å². The molecule has 21 heavy (non-hydrogen) atoms. The minimum Gasteiger partial charge on any atom is -0.358 e. The second kappa shape index (κ2) is 6.71. The van der Waals surface area contributed by atoms with Crippen molar-refractivity contribution < 1.29 is 4.79 Å². The lowest BCUT2D eigenvalue weighted by atomic mass is 10.2. The SMILES string of the molecule is CCN(CC)C(=O)C(C)Nc1cc(NN)nc(C2CC2)n1. The van der Waals surface area contributed by atoms with Gasteiger partial charge in [-0.05, 0) is 33.6 Å². The van der Waals surface area contributed by atoms with Crippen molar-refractivity contribution in [3.63, 3.8) is 0 Å². The molecular formula is C14H24N6O. The van der Waals surface area contributed by atoms with Crippen LogP contribution in [0.4, 0.5) is 11.6 Å². The van der Waals surface area contributed by atoms with Gasteiger partial charge < -0.3 is 15.6 Å². The lowest BCUT2D eigenvalue weighted by Gasteiger charge is -2.24. The number of carbonyl (C=O) groups excluding carboxylic acids is 1. The van der Waals surface area contributed by atoms with Crippen LogP contribution in [0.2, 0.25) is 0 Å². The first-order valence-corrected chi connectivity index (χ1v) is 7.49. The summed E-state index contributed by atoms with van der Waals surface area (Å²) in [5.74, 6) is 7.92. The number of amides is 1. The maximum atomic E-state index is 12.3. The van der Waals surface area contributed by atoms with E-state index in [-0.39, 0.29) is 11.9 Å². The normalized spacial score (nSPS) is 15.4. The molecule has 0 bridgehead atoms. The number of nitrogens with one attached hydrogen (secondary N) is 2. The number of nitrogens with two attached hydrogens (primary N) is 1. The number of hydrazine groups is 1. The number of nitrogen functional groups attached to an aromatic ring is 1. The van der Waals surface area contributed by atoms with Crippen LogP contribution in [0.15, 0.2) is 6.07 Å². The van der Waals surface area contributed by atoms with Crippen LogP contribution in [-0.4, -0.2) is 39.9 Å². The molecule has 1 amide bonds. The fourth-order valence-corrected chi connectivity index (χ4v) is 2.23. The quantitative estimate of drug-likeness (QED) is 0.518. The van der Waals surface area contributed by atoms with Gasteiger partial charge in [0.25, 0.3) is 0 Å². The minimum atomic E-state index is -0.336. The van der Waals surface area contributed by atoms with Gasteiger partial charge in [0.1, 0.15) is 23.5 Å². The van der Waals surface area contributed by atoms with E-state index in [1.165, 1.54) is 0 Å². The van der Waals surface area contributed by atoms with Gasteiger partial charge in [0, 0.05) is 25.1 Å². The van der Waals surface area contributed by atoms with Crippen molar-refractivity contribution >= 4 is 17.5 Å². The predicted molar refractivity (Wildman–Crippen MR) is 82.8 cm³/mol. The Kier molecular flexibility index (Phi) is 4.95. The molecule has 7 heteroatoms. The third-order valence-corrected chi connectivity index (χ3v) is 3.64. The molecule has 116 valence electrons. The van der Waals surface area contributed by atoms with Crippen molar-refractivity contribution in [1.82, 2.24) is 14.9 Å². The Hall–Kier alpha value is -1.89. The molecule has 1 aliphatic carbocycles. The number of anilines is 2. The standard InChI is InChI=1S/C14H24N6O/c1-4-20(5-2)14(21)9(3)16-11-8-12(19-15)18-13(17-11)10-6-7-10/h8-10H,4-7,15H2,1-3H3,(H2,16,17,18,19). The molecule has 0 aromatic carbocycles. The van der Waals surface area contributed by atoms with Crippen LogP contribution in [0.5, 0.6) is 0 Å². The van der Waals surface area contributed by atoms with Crippen LogP contribution in [-0.2, 0) is 4.79 Å². The molecule has 1 saturated carbocycles. The third kappa shape index (κ3) is 3.81. The van der Waals surface area contributed by atoms with Gasteiger partial charge in [-0.25, -0.2) is 15.8 Å². The molecule has 4 N–H and O–H groups in total. The molecule has 1 heterocycles. The van der Waals surface area contributed by atoms with E-state index in [1.54, 1.807) is 11.0 Å². The molecule has 1 atom stereocenters. The first-order chi connectivity index (χ1) is 10.1. The van der Waals surface area contributed by atoms with Crippen LogP contribution < -0.4 is 16.6 Å². The summed E-state index contributed by atoms with van der Waals surface area (Å²) in [5.41, 5.74) is 2.55. The molecule has 1 fully saturated rings. The summed E-state index contributed by atoms with van der Waals surface area (Å²) in [6.45, 7) is 7.19. The number of rotatable bonds is 7. The highest BCUT2D eigenvalue weighted by molar-refractivity contribution is 5.84. The molecule has 1 aliphatic rings. The molecule has 1 aromatic heterocycles. The number of nitrogens with zero attached hydrogens (tertiary/aromatic N) is 3. The lowest BCUT2D eigenvalue weighted by Crippen LogP contribution is -2.41. The first kappa shape index (κ1) is 15.5. The smallest absolute Gasteiger partial charge is 0.244 e. The Balaban J connectivity index is 2.10. The Morgan fingerprint density at radius 2 is 2.00 bits per heavy atom. The van der Waals surface area contributed by atoms with E-state index >= 15 is 0 Å². The van der Waals surface area contributed by atoms with Gasteiger partial charge in [-0.1, -0.05) is 0 Å². The van der Waals surface area contributed by atoms with E-state index in [0.29, 0.717) is 30.6 Å². The molecule has 2 rings (SSSR count). The Morgan fingerprint density at radius 3 is 2.52 bits per heavy atom. The second-order valence-electron chi connectivity index (χ2n) is 5.29. The van der Waals surface area contributed by atoms with Gasteiger partial charge in [0.05, 0.1) is 0 Å². The zero-order chi connectivity index (χ0) is 15.4. The molecule has 1 aromatic rings. The predicted octanol–water partition coefficient (Wildman–Crippen LogP) is 1.31. The van der Waals surface area contributed by atoms with Crippen LogP contribution >= 0.6 is 0 Å². The van der Waals surface area contributed by atoms with E-state index in [2.05, 4.69) is 20.7 Å². The van der Waals surface area contributed by atoms with Crippen molar-refractivity contribution in [2.75, 3.05) is 23.8 Å². The van der Waals surface area contributed by atoms with Crippen molar-refractivity contribution in [2.45, 2.75) is 45.6 Å². The molecule has 7 nitrogen and oxygen atoms in total. The van der Waals surface area contributed by atoms with Crippen LogP contribution in [0.1, 0.15) is 45.4 Å². The van der Waals surface area contributed by atoms with Crippen molar-refractivity contribution in [3.05, 3.63) is 11.9 Å². The number of hydrogen-bond donors (Lipinski definition) is 3. The zero-order valence-corrected chi connectivity index (χ0v) is 12.9. The largest absolute Gasteiger partial charge is 0.358 e. The minimum absolute atomic E-state index is 0.0637. The molecule has 1 unspecified atom stereocenters. The van der Waals surface area contributed by atoms with E-state index < -0.39 is 0 Å². The topological polar surface area (TPSA) is 96.2 Å². The Bertz CT molecular complexity index is 498. The third-order valence-electron chi connectivity index (χ3n) is 3.64. The van der Waals surface area contributed by atoms with Crippen molar-refractivity contribution in [3.8, 4) is 0 Å². The summed E-state index contributed by atoms with van der Waals surface area (Å²) in [5, 5.41) is 3.15. The van der Waals surface area contributed by atoms with Crippen molar-refractivity contribution in [1.29, 1.82) is 0 Å². The monoisotopic (exact) mass is 292 g/mol. The van der Waals surface area contributed by atoms with Crippen LogP contribution in [0, 0.1) is 0 Å². The first-order valence-electron chi connectivity index (χ1n) is 7.49. The summed E-state index contributed by atoms with van der Waals surface area (Å²) in [4.78, 5) is 22.9. The summed E-state index contributed by atoms with van der Waals surface area (Å²) in [7, 11) is 0. The highest BCUT2D eigenvalue weighted by Gasteiger charge is 2.28. The average Bonchev–Trinajstić information content (AvgIpc) is 3.32. The van der Waals surface area contributed by atoms with Crippen molar-refractivity contribution in [2.24, 2.45) is 5.84 Å². The lowest BCUT2D eigenvalue weighted by molar-refractivity contribution is -0.131. The summed E-state index contributed by atoms with van der Waals surface area (Å²) >= 11 is 0. The van der Waals surface area contributed by atoms with E-state index in [4.69, 9.17) is 5.84 Å². The fraction of sp³-hybridized carbons (Fsp3) is 0.643. The van der Waals surface area contributed by atoms with E-state index in [1.807, 2.05) is 20.8 Å². The molecular weight excluding hydrogens is 268 g/mol. The molecule has 0 radical (unpaired) electrons. The summed E-state index contributed by atoms with van der Waals surface area (Å²) < 4.78 is 0. The molecule has 0 spiro atoms. The number of likely N-dealkylation sites (N-methyl/N-ethyl adjacent to an activating group) is 1. The number of aromatic nitrogens is 2. The highest BCUT2D eigenvalue weighted by atomic mass is 16.2. The van der Waals surface area contributed by atoms with Crippen LogP contribution in [0.25, 0.3) is 0 Å². The maximum Gasteiger partial charge on any atom is 0.244 e. The molecule has 0 saturated heterocycles. The van der Waals surface area contributed by atoms with Gasteiger partial charge >= 0.3 is 0 Å².